The molecule has 8 heteroatoms. The Kier molecular flexibility index (Phi) is 4.59. The summed E-state index contributed by atoms with van der Waals surface area (Å²) in [7, 11) is 3.22. The van der Waals surface area contributed by atoms with Crippen molar-refractivity contribution in [1.29, 1.82) is 0 Å². The van der Waals surface area contributed by atoms with E-state index in [1.165, 1.54) is 7.11 Å². The molecule has 0 aliphatic heterocycles. The SMILES string of the molecule is CNc1nc(Nc2ccc(I)cc2Cl)nc(OC)n1. The van der Waals surface area contributed by atoms with E-state index >= 15 is 0 Å². The number of aromatic nitrogens is 3. The number of hydrogen-bond donors (Lipinski definition) is 2. The summed E-state index contributed by atoms with van der Waals surface area (Å²) in [6.45, 7) is 0. The van der Waals surface area contributed by atoms with Crippen LogP contribution < -0.4 is 15.4 Å². The van der Waals surface area contributed by atoms with E-state index < -0.39 is 0 Å². The van der Waals surface area contributed by atoms with Crippen LogP contribution in [0.15, 0.2) is 18.2 Å². The van der Waals surface area contributed by atoms with Crippen molar-refractivity contribution < 1.29 is 4.74 Å². The quantitative estimate of drug-likeness (QED) is 0.781. The summed E-state index contributed by atoms with van der Waals surface area (Å²) in [6, 6.07) is 5.87. The van der Waals surface area contributed by atoms with Gasteiger partial charge in [-0.1, -0.05) is 11.6 Å². The molecule has 0 bridgehead atoms. The van der Waals surface area contributed by atoms with Crippen molar-refractivity contribution in [2.24, 2.45) is 0 Å². The van der Waals surface area contributed by atoms with Crippen LogP contribution in [0.4, 0.5) is 17.6 Å². The Balaban J connectivity index is 2.31. The van der Waals surface area contributed by atoms with Crippen molar-refractivity contribution in [2.75, 3.05) is 24.8 Å². The molecule has 0 spiro atoms. The molecule has 0 aliphatic carbocycles. The minimum Gasteiger partial charge on any atom is -0.467 e. The third-order valence-electron chi connectivity index (χ3n) is 2.20. The van der Waals surface area contributed by atoms with Crippen LogP contribution in [-0.4, -0.2) is 29.1 Å². The van der Waals surface area contributed by atoms with Gasteiger partial charge < -0.3 is 15.4 Å². The molecule has 0 atom stereocenters. The zero-order valence-electron chi connectivity index (χ0n) is 10.2. The van der Waals surface area contributed by atoms with Gasteiger partial charge in [-0.05, 0) is 40.8 Å². The maximum absolute atomic E-state index is 6.14. The van der Waals surface area contributed by atoms with Crippen molar-refractivity contribution in [3.05, 3.63) is 26.8 Å². The van der Waals surface area contributed by atoms with E-state index in [2.05, 4.69) is 48.2 Å². The fraction of sp³-hybridized carbons (Fsp3) is 0.182. The Morgan fingerprint density at radius 1 is 1.21 bits per heavy atom. The van der Waals surface area contributed by atoms with Crippen LogP contribution in [0.1, 0.15) is 0 Å². The fourth-order valence-electron chi connectivity index (χ4n) is 1.33. The van der Waals surface area contributed by atoms with Gasteiger partial charge in [0.05, 0.1) is 17.8 Å². The topological polar surface area (TPSA) is 72.0 Å². The van der Waals surface area contributed by atoms with E-state index in [-0.39, 0.29) is 6.01 Å². The number of ether oxygens (including phenoxy) is 1. The van der Waals surface area contributed by atoms with E-state index in [0.29, 0.717) is 16.9 Å². The Hall–Kier alpha value is -1.35. The fourth-order valence-corrected chi connectivity index (χ4v) is 2.23. The number of benzene rings is 1. The van der Waals surface area contributed by atoms with Crippen molar-refractivity contribution in [3.8, 4) is 6.01 Å². The van der Waals surface area contributed by atoms with Crippen LogP contribution in [0.3, 0.4) is 0 Å². The molecule has 0 fully saturated rings. The Morgan fingerprint density at radius 3 is 2.58 bits per heavy atom. The number of hydrogen-bond acceptors (Lipinski definition) is 6. The third-order valence-corrected chi connectivity index (χ3v) is 3.18. The van der Waals surface area contributed by atoms with Crippen molar-refractivity contribution in [1.82, 2.24) is 15.0 Å². The lowest BCUT2D eigenvalue weighted by Gasteiger charge is -2.09. The molecule has 1 aromatic carbocycles. The highest BCUT2D eigenvalue weighted by atomic mass is 127. The summed E-state index contributed by atoms with van der Waals surface area (Å²) >= 11 is 8.33. The number of halogens is 2. The maximum Gasteiger partial charge on any atom is 0.322 e. The van der Waals surface area contributed by atoms with E-state index in [1.807, 2.05) is 18.2 Å². The molecule has 1 aromatic heterocycles. The number of methoxy groups -OCH3 is 1. The minimum absolute atomic E-state index is 0.225. The van der Waals surface area contributed by atoms with Crippen LogP contribution >= 0.6 is 34.2 Å². The van der Waals surface area contributed by atoms with E-state index in [4.69, 9.17) is 16.3 Å². The van der Waals surface area contributed by atoms with Crippen LogP contribution in [0.5, 0.6) is 6.01 Å². The number of rotatable bonds is 4. The molecule has 100 valence electrons. The Morgan fingerprint density at radius 2 is 1.95 bits per heavy atom. The third kappa shape index (κ3) is 3.57. The first kappa shape index (κ1) is 14.1. The van der Waals surface area contributed by atoms with Crippen LogP contribution in [-0.2, 0) is 0 Å². The molecule has 0 saturated carbocycles. The molecule has 0 radical (unpaired) electrons. The standard InChI is InChI=1S/C11H11ClIN5O/c1-14-9-16-10(18-11(17-9)19-2)15-8-4-3-6(13)5-7(8)12/h3-5H,1-2H3,(H2,14,15,16,17,18). The second-order valence-corrected chi connectivity index (χ2v) is 5.12. The summed E-state index contributed by atoms with van der Waals surface area (Å²) in [6.07, 6.45) is 0. The lowest BCUT2D eigenvalue weighted by atomic mass is 10.3. The lowest BCUT2D eigenvalue weighted by Crippen LogP contribution is -2.05. The molecular formula is C11H11ClIN5O. The Labute approximate surface area is 129 Å². The highest BCUT2D eigenvalue weighted by Crippen LogP contribution is 2.26. The van der Waals surface area contributed by atoms with E-state index in [0.717, 1.165) is 9.26 Å². The van der Waals surface area contributed by atoms with Crippen molar-refractivity contribution >= 4 is 51.8 Å². The van der Waals surface area contributed by atoms with Crippen LogP contribution in [0.2, 0.25) is 5.02 Å². The average Bonchev–Trinajstić information content (AvgIpc) is 2.41. The summed E-state index contributed by atoms with van der Waals surface area (Å²) in [4.78, 5) is 12.3. The van der Waals surface area contributed by atoms with Crippen LogP contribution in [0, 0.1) is 3.57 Å². The van der Waals surface area contributed by atoms with Gasteiger partial charge in [-0.25, -0.2) is 0 Å². The molecule has 2 rings (SSSR count). The maximum atomic E-state index is 6.14. The molecule has 0 aliphatic rings. The minimum atomic E-state index is 0.225. The van der Waals surface area contributed by atoms with Gasteiger partial charge in [0.2, 0.25) is 11.9 Å². The van der Waals surface area contributed by atoms with Crippen LogP contribution in [0.25, 0.3) is 0 Å². The van der Waals surface area contributed by atoms with Gasteiger partial charge in [0.1, 0.15) is 0 Å². The molecule has 2 aromatic rings. The number of nitrogens with one attached hydrogen (secondary N) is 2. The van der Waals surface area contributed by atoms with Gasteiger partial charge in [0.25, 0.3) is 0 Å². The monoisotopic (exact) mass is 391 g/mol. The van der Waals surface area contributed by atoms with Gasteiger partial charge in [0, 0.05) is 10.6 Å². The normalized spacial score (nSPS) is 10.1. The highest BCUT2D eigenvalue weighted by molar-refractivity contribution is 14.1. The van der Waals surface area contributed by atoms with Gasteiger partial charge in [-0.15, -0.1) is 0 Å². The molecular weight excluding hydrogens is 381 g/mol. The predicted molar refractivity (Wildman–Crippen MR) is 83.4 cm³/mol. The molecule has 19 heavy (non-hydrogen) atoms. The summed E-state index contributed by atoms with van der Waals surface area (Å²) in [5, 5.41) is 6.46. The summed E-state index contributed by atoms with van der Waals surface area (Å²) in [5.41, 5.74) is 0.720. The van der Waals surface area contributed by atoms with Gasteiger partial charge in [-0.3, -0.25) is 0 Å². The predicted octanol–water partition coefficient (Wildman–Crippen LogP) is 2.92. The summed E-state index contributed by atoms with van der Waals surface area (Å²) < 4.78 is 6.06. The van der Waals surface area contributed by atoms with E-state index in [9.17, 15) is 0 Å². The first-order valence-corrected chi connectivity index (χ1v) is 6.78. The molecule has 1 heterocycles. The second kappa shape index (κ2) is 6.20. The largest absolute Gasteiger partial charge is 0.467 e. The number of anilines is 3. The van der Waals surface area contributed by atoms with Crippen molar-refractivity contribution in [3.63, 3.8) is 0 Å². The van der Waals surface area contributed by atoms with Gasteiger partial charge in [0.15, 0.2) is 0 Å². The zero-order chi connectivity index (χ0) is 13.8. The molecule has 6 nitrogen and oxygen atoms in total. The molecule has 0 amide bonds. The molecule has 0 saturated heterocycles. The highest BCUT2D eigenvalue weighted by Gasteiger charge is 2.08. The first-order chi connectivity index (χ1) is 9.12. The lowest BCUT2D eigenvalue weighted by molar-refractivity contribution is 0.379. The zero-order valence-corrected chi connectivity index (χ0v) is 13.2. The first-order valence-electron chi connectivity index (χ1n) is 5.32. The Bertz CT molecular complexity index is 573. The van der Waals surface area contributed by atoms with Crippen molar-refractivity contribution in [2.45, 2.75) is 0 Å². The van der Waals surface area contributed by atoms with Gasteiger partial charge >= 0.3 is 6.01 Å². The van der Waals surface area contributed by atoms with E-state index in [1.54, 1.807) is 7.05 Å². The average molecular weight is 392 g/mol. The summed E-state index contributed by atoms with van der Waals surface area (Å²) in [5.74, 6) is 0.773. The second-order valence-electron chi connectivity index (χ2n) is 3.47. The number of nitrogens with zero attached hydrogens (tertiary/aromatic N) is 3. The molecule has 2 N–H and O–H groups in total. The van der Waals surface area contributed by atoms with Gasteiger partial charge in [-0.2, -0.15) is 15.0 Å². The molecule has 0 unspecified atom stereocenters. The smallest absolute Gasteiger partial charge is 0.322 e.